The quantitative estimate of drug-likeness (QED) is 0.399. The van der Waals surface area contributed by atoms with Crippen molar-refractivity contribution in [3.05, 3.63) is 24.0 Å². The van der Waals surface area contributed by atoms with Crippen molar-refractivity contribution in [1.29, 1.82) is 0 Å². The van der Waals surface area contributed by atoms with E-state index in [9.17, 15) is 4.79 Å². The molecule has 4 nitrogen and oxygen atoms in total. The predicted octanol–water partition coefficient (Wildman–Crippen LogP) is 6.17. The van der Waals surface area contributed by atoms with E-state index in [-0.39, 0.29) is 28.6 Å². The number of allylic oxidation sites excluding steroid dienone is 3. The van der Waals surface area contributed by atoms with Gasteiger partial charge in [0.1, 0.15) is 6.10 Å². The summed E-state index contributed by atoms with van der Waals surface area (Å²) >= 11 is 0. The van der Waals surface area contributed by atoms with Gasteiger partial charge in [-0.2, -0.15) is 0 Å². The van der Waals surface area contributed by atoms with Gasteiger partial charge in [-0.05, 0) is 57.2 Å². The molecular formula is C22H40O4Si2. The van der Waals surface area contributed by atoms with Crippen LogP contribution in [-0.2, 0) is 18.4 Å². The van der Waals surface area contributed by atoms with Crippen LogP contribution in [0.5, 0.6) is 0 Å². The zero-order valence-corrected chi connectivity index (χ0v) is 21.3. The molecular weight excluding hydrogens is 384 g/mol. The van der Waals surface area contributed by atoms with E-state index in [1.54, 1.807) is 0 Å². The largest absolute Gasteiger partial charge is 0.547 e. The molecule has 160 valence electrons. The van der Waals surface area contributed by atoms with Crippen molar-refractivity contribution in [3.63, 3.8) is 0 Å². The minimum absolute atomic E-state index is 0.0960. The van der Waals surface area contributed by atoms with Crippen molar-refractivity contribution in [1.82, 2.24) is 0 Å². The van der Waals surface area contributed by atoms with Crippen LogP contribution in [0.15, 0.2) is 24.0 Å². The van der Waals surface area contributed by atoms with Crippen LogP contribution >= 0.6 is 0 Å². The Hall–Kier alpha value is -0.856. The summed E-state index contributed by atoms with van der Waals surface area (Å²) in [5.41, 5.74) is -0.320. The lowest BCUT2D eigenvalue weighted by atomic mass is 9.86. The van der Waals surface area contributed by atoms with E-state index in [1.807, 2.05) is 0 Å². The fourth-order valence-corrected chi connectivity index (χ4v) is 6.51. The second-order valence-electron chi connectivity index (χ2n) is 11.1. The van der Waals surface area contributed by atoms with E-state index < -0.39 is 16.6 Å². The Morgan fingerprint density at radius 2 is 1.82 bits per heavy atom. The van der Waals surface area contributed by atoms with Gasteiger partial charge in [0, 0.05) is 18.8 Å². The topological polar surface area (TPSA) is 44.8 Å². The van der Waals surface area contributed by atoms with Gasteiger partial charge in [-0.25, -0.2) is 0 Å². The first kappa shape index (κ1) is 23.4. The lowest BCUT2D eigenvalue weighted by Crippen LogP contribution is -2.44. The summed E-state index contributed by atoms with van der Waals surface area (Å²) in [6.07, 6.45) is 9.08. The Balaban J connectivity index is 2.32. The van der Waals surface area contributed by atoms with Crippen molar-refractivity contribution >= 4 is 22.6 Å². The average Bonchev–Trinajstić information content (AvgIpc) is 2.80. The van der Waals surface area contributed by atoms with E-state index in [2.05, 4.69) is 78.7 Å². The molecule has 0 bridgehead atoms. The molecule has 0 spiro atoms. The molecule has 1 aliphatic heterocycles. The molecule has 0 aromatic rings. The molecule has 1 saturated heterocycles. The number of carbonyl (C=O) groups is 1. The van der Waals surface area contributed by atoms with Crippen LogP contribution in [-0.4, -0.2) is 34.3 Å². The van der Waals surface area contributed by atoms with Crippen molar-refractivity contribution < 1.29 is 18.4 Å². The first-order valence-electron chi connectivity index (χ1n) is 10.6. The molecule has 0 amide bonds. The van der Waals surface area contributed by atoms with Crippen molar-refractivity contribution in [2.45, 2.75) is 103 Å². The van der Waals surface area contributed by atoms with Crippen LogP contribution in [0.1, 0.15) is 53.4 Å². The molecule has 1 aliphatic carbocycles. The minimum atomic E-state index is -1.90. The van der Waals surface area contributed by atoms with Gasteiger partial charge in [-0.15, -0.1) is 0 Å². The molecule has 0 aromatic carbocycles. The fourth-order valence-electron chi connectivity index (χ4n) is 3.72. The third-order valence-electron chi connectivity index (χ3n) is 6.08. The number of carbonyl (C=O) groups excluding carboxylic acids is 1. The van der Waals surface area contributed by atoms with Crippen molar-refractivity contribution in [3.8, 4) is 0 Å². The van der Waals surface area contributed by atoms with Crippen LogP contribution < -0.4 is 0 Å². The van der Waals surface area contributed by atoms with Crippen molar-refractivity contribution in [2.75, 3.05) is 0 Å². The van der Waals surface area contributed by atoms with Gasteiger partial charge in [0.2, 0.25) is 8.32 Å². The Morgan fingerprint density at radius 1 is 1.18 bits per heavy atom. The minimum Gasteiger partial charge on any atom is -0.547 e. The maximum atomic E-state index is 11.9. The van der Waals surface area contributed by atoms with Crippen LogP contribution in [0.25, 0.3) is 0 Å². The summed E-state index contributed by atoms with van der Waals surface area (Å²) in [6.45, 7) is 20.2. The molecule has 0 N–H and O–H groups in total. The van der Waals surface area contributed by atoms with E-state index >= 15 is 0 Å². The Kier molecular flexibility index (Phi) is 6.78. The molecule has 0 radical (unpaired) electrons. The number of ether oxygens (including phenoxy) is 1. The molecule has 2 aliphatic rings. The lowest BCUT2D eigenvalue weighted by molar-refractivity contribution is -0.143. The second-order valence-corrected chi connectivity index (χ2v) is 20.3. The SMILES string of the molecule is CC(C)(C)[Si](C)(C)O/C1=C\C=C[C@@H]2CC(=O)O[C@@H]2C[C@@](C)(O[Si](C)(C)C)CC1. The van der Waals surface area contributed by atoms with Crippen LogP contribution in [0, 0.1) is 5.92 Å². The molecule has 3 atom stereocenters. The van der Waals surface area contributed by atoms with Gasteiger partial charge in [0.25, 0.3) is 0 Å². The predicted molar refractivity (Wildman–Crippen MR) is 120 cm³/mol. The smallest absolute Gasteiger partial charge is 0.306 e. The summed E-state index contributed by atoms with van der Waals surface area (Å²) in [7, 11) is -3.66. The van der Waals surface area contributed by atoms with Gasteiger partial charge >= 0.3 is 5.97 Å². The van der Waals surface area contributed by atoms with Crippen LogP contribution in [0.3, 0.4) is 0 Å². The van der Waals surface area contributed by atoms with Gasteiger partial charge in [-0.1, -0.05) is 32.9 Å². The molecule has 6 heteroatoms. The standard InChI is InChI=1S/C22H40O4Si2/c1-21(2,3)28(8,9)25-18-12-10-11-17-15-20(23)24-19(17)16-22(4,14-13-18)26-27(5,6)7/h10-12,17,19H,13-16H2,1-9H3/b11-10?,18-12-/t17-,19-,22+/m1/s1. The first-order valence-corrected chi connectivity index (χ1v) is 16.9. The maximum absolute atomic E-state index is 11.9. The molecule has 2 rings (SSSR count). The Morgan fingerprint density at radius 3 is 2.39 bits per heavy atom. The maximum Gasteiger partial charge on any atom is 0.306 e. The normalized spacial score (nSPS) is 31.6. The summed E-state index contributed by atoms with van der Waals surface area (Å²) in [5, 5.41) is 0.155. The van der Waals surface area contributed by atoms with E-state index in [1.165, 1.54) is 0 Å². The zero-order chi connectivity index (χ0) is 21.4. The molecule has 0 saturated carbocycles. The summed E-state index contributed by atoms with van der Waals surface area (Å²) < 4.78 is 18.9. The van der Waals surface area contributed by atoms with Gasteiger partial charge in [0.15, 0.2) is 8.32 Å². The highest BCUT2D eigenvalue weighted by atomic mass is 28.4. The highest BCUT2D eigenvalue weighted by Crippen LogP contribution is 2.41. The van der Waals surface area contributed by atoms with Crippen LogP contribution in [0.2, 0.25) is 37.8 Å². The van der Waals surface area contributed by atoms with Gasteiger partial charge in [0.05, 0.1) is 17.8 Å². The van der Waals surface area contributed by atoms with Gasteiger partial charge < -0.3 is 13.6 Å². The highest BCUT2D eigenvalue weighted by molar-refractivity contribution is 6.74. The number of rotatable bonds is 4. The molecule has 1 heterocycles. The van der Waals surface area contributed by atoms with E-state index in [0.717, 1.165) is 25.0 Å². The van der Waals surface area contributed by atoms with E-state index in [0.29, 0.717) is 6.42 Å². The second kappa shape index (κ2) is 8.11. The number of hydrogen-bond acceptors (Lipinski definition) is 4. The third-order valence-corrected chi connectivity index (χ3v) is 11.6. The molecule has 0 aromatic heterocycles. The zero-order valence-electron chi connectivity index (χ0n) is 19.3. The monoisotopic (exact) mass is 424 g/mol. The highest BCUT2D eigenvalue weighted by Gasteiger charge is 2.43. The Labute approximate surface area is 174 Å². The fraction of sp³-hybridized carbons (Fsp3) is 0.773. The third kappa shape index (κ3) is 6.32. The summed E-state index contributed by atoms with van der Waals surface area (Å²) in [6, 6.07) is 0. The van der Waals surface area contributed by atoms with Crippen LogP contribution in [0.4, 0.5) is 0 Å². The van der Waals surface area contributed by atoms with E-state index in [4.69, 9.17) is 13.6 Å². The molecule has 1 fully saturated rings. The summed E-state index contributed by atoms with van der Waals surface area (Å²) in [5.74, 6) is 1.05. The average molecular weight is 425 g/mol. The number of hydrogen-bond donors (Lipinski definition) is 0. The first-order chi connectivity index (χ1) is 12.6. The molecule has 0 unspecified atom stereocenters. The number of esters is 1. The van der Waals surface area contributed by atoms with Gasteiger partial charge in [-0.3, -0.25) is 4.79 Å². The lowest BCUT2D eigenvalue weighted by Gasteiger charge is -2.40. The summed E-state index contributed by atoms with van der Waals surface area (Å²) in [4.78, 5) is 11.9. The van der Waals surface area contributed by atoms with Crippen molar-refractivity contribution in [2.24, 2.45) is 5.92 Å². The number of fused-ring (bicyclic) bond motifs is 1. The molecule has 28 heavy (non-hydrogen) atoms. The Bertz CT molecular complexity index is 640.